The van der Waals surface area contributed by atoms with Crippen molar-refractivity contribution in [2.24, 2.45) is 5.84 Å². The molecule has 1 heterocycles. The molecule has 0 aliphatic rings. The van der Waals surface area contributed by atoms with Crippen molar-refractivity contribution in [3.63, 3.8) is 0 Å². The molecular weight excluding hydrogens is 324 g/mol. The van der Waals surface area contributed by atoms with Gasteiger partial charge in [-0.25, -0.2) is 10.8 Å². The topological polar surface area (TPSA) is 83.8 Å². The standard InChI is InChI=1S/C18H19ClN4O/c1-18(2,3)12-6-4-10(5-7-12)16-21-14-9-11(17(24)23-20)8-13(19)15(14)22-16/h4-9H,20H2,1-3H3,(H,21,22)(H,23,24). The van der Waals surface area contributed by atoms with Crippen LogP contribution in [0.4, 0.5) is 0 Å². The molecule has 1 aromatic heterocycles. The first-order valence-corrected chi connectivity index (χ1v) is 7.98. The van der Waals surface area contributed by atoms with Crippen LogP contribution < -0.4 is 11.3 Å². The third-order valence-corrected chi connectivity index (χ3v) is 4.25. The number of halogens is 1. The molecule has 2 aromatic carbocycles. The molecular formula is C18H19ClN4O. The fraction of sp³-hybridized carbons (Fsp3) is 0.222. The average molecular weight is 343 g/mol. The van der Waals surface area contributed by atoms with Gasteiger partial charge in [0, 0.05) is 11.1 Å². The highest BCUT2D eigenvalue weighted by Gasteiger charge is 2.15. The average Bonchev–Trinajstić information content (AvgIpc) is 2.98. The molecule has 4 N–H and O–H groups in total. The quantitative estimate of drug-likeness (QED) is 0.376. The number of aromatic amines is 1. The summed E-state index contributed by atoms with van der Waals surface area (Å²) in [7, 11) is 0. The van der Waals surface area contributed by atoms with Crippen molar-refractivity contribution in [1.29, 1.82) is 0 Å². The van der Waals surface area contributed by atoms with E-state index in [1.807, 2.05) is 12.1 Å². The molecule has 0 aliphatic heterocycles. The van der Waals surface area contributed by atoms with Gasteiger partial charge in [-0.1, -0.05) is 56.6 Å². The molecule has 0 spiro atoms. The molecule has 0 radical (unpaired) electrons. The van der Waals surface area contributed by atoms with Crippen molar-refractivity contribution >= 4 is 28.5 Å². The highest BCUT2D eigenvalue weighted by atomic mass is 35.5. The zero-order chi connectivity index (χ0) is 17.5. The Morgan fingerprint density at radius 3 is 2.46 bits per heavy atom. The molecule has 0 saturated carbocycles. The largest absolute Gasteiger partial charge is 0.338 e. The number of aromatic nitrogens is 2. The Labute approximate surface area is 145 Å². The number of hydrogen-bond donors (Lipinski definition) is 3. The van der Waals surface area contributed by atoms with E-state index in [9.17, 15) is 4.79 Å². The maximum Gasteiger partial charge on any atom is 0.265 e. The lowest BCUT2D eigenvalue weighted by atomic mass is 9.87. The number of nitrogens with zero attached hydrogens (tertiary/aromatic N) is 1. The van der Waals surface area contributed by atoms with Gasteiger partial charge in [-0.3, -0.25) is 10.2 Å². The van der Waals surface area contributed by atoms with Crippen molar-refractivity contribution in [3.8, 4) is 11.4 Å². The second kappa shape index (κ2) is 5.92. The summed E-state index contributed by atoms with van der Waals surface area (Å²) in [6, 6.07) is 11.5. The van der Waals surface area contributed by atoms with Crippen molar-refractivity contribution in [2.45, 2.75) is 26.2 Å². The molecule has 0 bridgehead atoms. The molecule has 3 aromatic rings. The maximum absolute atomic E-state index is 11.7. The SMILES string of the molecule is CC(C)(C)c1ccc(-c2nc3c(Cl)cc(C(=O)NN)cc3[nH]2)cc1. The molecule has 0 unspecified atom stereocenters. The summed E-state index contributed by atoms with van der Waals surface area (Å²) in [5, 5.41) is 0.403. The number of hydrazine groups is 1. The Kier molecular flexibility index (Phi) is 4.07. The Morgan fingerprint density at radius 1 is 1.21 bits per heavy atom. The van der Waals surface area contributed by atoms with Crippen LogP contribution in [0.1, 0.15) is 36.7 Å². The van der Waals surface area contributed by atoms with Gasteiger partial charge in [0.05, 0.1) is 10.5 Å². The molecule has 6 heteroatoms. The zero-order valence-electron chi connectivity index (χ0n) is 13.8. The number of carbonyl (C=O) groups excluding carboxylic acids is 1. The van der Waals surface area contributed by atoms with Crippen molar-refractivity contribution in [2.75, 3.05) is 0 Å². The first-order chi connectivity index (χ1) is 11.3. The van der Waals surface area contributed by atoms with Gasteiger partial charge in [0.1, 0.15) is 11.3 Å². The van der Waals surface area contributed by atoms with Crippen LogP contribution in [0.5, 0.6) is 0 Å². The minimum absolute atomic E-state index is 0.0974. The van der Waals surface area contributed by atoms with Crippen LogP contribution in [-0.4, -0.2) is 15.9 Å². The fourth-order valence-corrected chi connectivity index (χ4v) is 2.82. The number of hydrogen-bond acceptors (Lipinski definition) is 3. The van der Waals surface area contributed by atoms with Crippen molar-refractivity contribution < 1.29 is 4.79 Å². The van der Waals surface area contributed by atoms with E-state index in [0.29, 0.717) is 27.4 Å². The molecule has 124 valence electrons. The second-order valence-corrected chi connectivity index (χ2v) is 7.15. The van der Waals surface area contributed by atoms with Gasteiger partial charge in [-0.2, -0.15) is 0 Å². The number of nitrogens with one attached hydrogen (secondary N) is 2. The molecule has 24 heavy (non-hydrogen) atoms. The minimum atomic E-state index is -0.399. The molecule has 1 amide bonds. The number of fused-ring (bicyclic) bond motifs is 1. The van der Waals surface area contributed by atoms with Crippen LogP contribution in [0, 0.1) is 0 Å². The van der Waals surface area contributed by atoms with E-state index in [2.05, 4.69) is 48.3 Å². The van der Waals surface area contributed by atoms with Crippen LogP contribution >= 0.6 is 11.6 Å². The molecule has 0 aliphatic carbocycles. The Balaban J connectivity index is 2.05. The summed E-state index contributed by atoms with van der Waals surface area (Å²) in [5.74, 6) is 5.48. The van der Waals surface area contributed by atoms with E-state index in [4.69, 9.17) is 17.4 Å². The Hall–Kier alpha value is -2.37. The van der Waals surface area contributed by atoms with Crippen molar-refractivity contribution in [1.82, 2.24) is 15.4 Å². The first-order valence-electron chi connectivity index (χ1n) is 7.61. The third-order valence-electron chi connectivity index (χ3n) is 3.96. The van der Waals surface area contributed by atoms with E-state index >= 15 is 0 Å². The van der Waals surface area contributed by atoms with Gasteiger partial charge < -0.3 is 4.98 Å². The maximum atomic E-state index is 11.7. The number of nitrogens with two attached hydrogens (primary N) is 1. The molecule has 5 nitrogen and oxygen atoms in total. The Bertz CT molecular complexity index is 907. The lowest BCUT2D eigenvalue weighted by Gasteiger charge is -2.18. The third kappa shape index (κ3) is 3.00. The van der Waals surface area contributed by atoms with Crippen LogP contribution in [0.3, 0.4) is 0 Å². The summed E-state index contributed by atoms with van der Waals surface area (Å²) in [4.78, 5) is 19.5. The van der Waals surface area contributed by atoms with Gasteiger partial charge in [-0.05, 0) is 23.1 Å². The number of H-pyrrole nitrogens is 1. The van der Waals surface area contributed by atoms with Crippen LogP contribution in [0.2, 0.25) is 5.02 Å². The number of carbonyl (C=O) groups is 1. The molecule has 0 atom stereocenters. The number of amides is 1. The van der Waals surface area contributed by atoms with E-state index in [0.717, 1.165) is 5.56 Å². The van der Waals surface area contributed by atoms with Crippen LogP contribution in [0.25, 0.3) is 22.4 Å². The smallest absolute Gasteiger partial charge is 0.265 e. The normalized spacial score (nSPS) is 11.7. The molecule has 3 rings (SSSR count). The molecule has 0 fully saturated rings. The van der Waals surface area contributed by atoms with Gasteiger partial charge in [0.25, 0.3) is 5.91 Å². The minimum Gasteiger partial charge on any atom is -0.338 e. The fourth-order valence-electron chi connectivity index (χ4n) is 2.55. The summed E-state index contributed by atoms with van der Waals surface area (Å²) < 4.78 is 0. The van der Waals surface area contributed by atoms with E-state index in [1.54, 1.807) is 12.1 Å². The van der Waals surface area contributed by atoms with Crippen molar-refractivity contribution in [3.05, 3.63) is 52.5 Å². The predicted molar refractivity (Wildman–Crippen MR) is 96.9 cm³/mol. The lowest BCUT2D eigenvalue weighted by Crippen LogP contribution is -2.29. The number of rotatable bonds is 2. The summed E-state index contributed by atoms with van der Waals surface area (Å²) in [5.41, 5.74) is 6.11. The Morgan fingerprint density at radius 2 is 1.88 bits per heavy atom. The zero-order valence-corrected chi connectivity index (χ0v) is 14.5. The predicted octanol–water partition coefficient (Wildman–Crippen LogP) is 3.78. The van der Waals surface area contributed by atoms with Gasteiger partial charge >= 0.3 is 0 Å². The van der Waals surface area contributed by atoms with E-state index < -0.39 is 5.91 Å². The number of imidazole rings is 1. The van der Waals surface area contributed by atoms with Crippen LogP contribution in [-0.2, 0) is 5.41 Å². The van der Waals surface area contributed by atoms with Gasteiger partial charge in [0.2, 0.25) is 0 Å². The monoisotopic (exact) mass is 342 g/mol. The summed E-state index contributed by atoms with van der Waals surface area (Å²) >= 11 is 6.25. The molecule has 0 saturated heterocycles. The first kappa shape index (κ1) is 16.5. The van der Waals surface area contributed by atoms with E-state index in [1.165, 1.54) is 5.56 Å². The van der Waals surface area contributed by atoms with Gasteiger partial charge in [0.15, 0.2) is 0 Å². The summed E-state index contributed by atoms with van der Waals surface area (Å²) in [6.45, 7) is 6.52. The van der Waals surface area contributed by atoms with Gasteiger partial charge in [-0.15, -0.1) is 0 Å². The number of nitrogen functional groups attached to an aromatic ring is 1. The second-order valence-electron chi connectivity index (χ2n) is 6.74. The van der Waals surface area contributed by atoms with Crippen LogP contribution in [0.15, 0.2) is 36.4 Å². The lowest BCUT2D eigenvalue weighted by molar-refractivity contribution is 0.0954. The summed E-state index contributed by atoms with van der Waals surface area (Å²) in [6.07, 6.45) is 0. The van der Waals surface area contributed by atoms with E-state index in [-0.39, 0.29) is 5.41 Å². The number of benzene rings is 2. The highest BCUT2D eigenvalue weighted by Crippen LogP contribution is 2.29. The highest BCUT2D eigenvalue weighted by molar-refractivity contribution is 6.35.